The molecule has 0 aliphatic heterocycles. The number of hydrogen-bond donors (Lipinski definition) is 2. The summed E-state index contributed by atoms with van der Waals surface area (Å²) in [5.41, 5.74) is 0.0772. The van der Waals surface area contributed by atoms with Crippen molar-refractivity contribution in [2.45, 2.75) is 12.6 Å². The minimum atomic E-state index is -4.71. The number of alkyl halides is 3. The van der Waals surface area contributed by atoms with Gasteiger partial charge in [-0.15, -0.1) is 0 Å². The molecule has 6 nitrogen and oxygen atoms in total. The Morgan fingerprint density at radius 3 is 2.29 bits per heavy atom. The van der Waals surface area contributed by atoms with Crippen LogP contribution in [-0.2, 0) is 15.0 Å². The molecular weight excluding hydrogens is 313 g/mol. The van der Waals surface area contributed by atoms with E-state index in [1.165, 1.54) is 29.0 Å². The van der Waals surface area contributed by atoms with E-state index in [2.05, 4.69) is 0 Å². The first-order valence-corrected chi connectivity index (χ1v) is 7.17. The van der Waals surface area contributed by atoms with Crippen LogP contribution in [-0.4, -0.2) is 38.8 Å². The number of benzene rings is 1. The van der Waals surface area contributed by atoms with E-state index in [9.17, 15) is 26.4 Å². The smallest absolute Gasteiger partial charge is 0.402 e. The summed E-state index contributed by atoms with van der Waals surface area (Å²) in [7, 11) is -4.50. The fourth-order valence-electron chi connectivity index (χ4n) is 1.43. The van der Waals surface area contributed by atoms with Gasteiger partial charge in [0.2, 0.25) is 0 Å². The quantitative estimate of drug-likeness (QED) is 0.792. The molecule has 21 heavy (non-hydrogen) atoms. The molecule has 0 spiro atoms. The molecule has 0 atom stereocenters. The molecule has 1 aromatic carbocycles. The number of carboxylic acid groups (broad SMARTS) is 1. The maximum Gasteiger partial charge on any atom is 0.402 e. The third-order valence-electron chi connectivity index (χ3n) is 2.32. The molecule has 0 saturated heterocycles. The van der Waals surface area contributed by atoms with Crippen molar-refractivity contribution in [2.24, 2.45) is 0 Å². The number of halogens is 3. The first-order valence-electron chi connectivity index (χ1n) is 5.73. The highest BCUT2D eigenvalue weighted by atomic mass is 32.2. The molecule has 0 aliphatic carbocycles. The average Bonchev–Trinajstić information content (AvgIpc) is 2.37. The number of nitrogens with zero attached hydrogens (tertiary/aromatic N) is 1. The predicted octanol–water partition coefficient (Wildman–Crippen LogP) is 1.36. The fraction of sp³-hybridized carbons (Fsp3) is 0.364. The molecule has 1 aromatic rings. The molecular formula is C11H13F3N2O4S. The highest BCUT2D eigenvalue weighted by Gasteiger charge is 2.32. The summed E-state index contributed by atoms with van der Waals surface area (Å²) in [4.78, 5) is 10.6. The highest BCUT2D eigenvalue weighted by molar-refractivity contribution is 7.90. The molecule has 0 saturated carbocycles. The van der Waals surface area contributed by atoms with Crippen molar-refractivity contribution in [1.29, 1.82) is 0 Å². The highest BCUT2D eigenvalue weighted by Crippen LogP contribution is 2.19. The van der Waals surface area contributed by atoms with Crippen molar-refractivity contribution in [1.82, 2.24) is 4.72 Å². The number of rotatable bonds is 7. The summed E-state index contributed by atoms with van der Waals surface area (Å²) in [5.74, 6) is -1.26. The topological polar surface area (TPSA) is 86.7 Å². The van der Waals surface area contributed by atoms with Crippen LogP contribution in [0.4, 0.5) is 18.9 Å². The van der Waals surface area contributed by atoms with E-state index in [0.29, 0.717) is 4.31 Å². The van der Waals surface area contributed by atoms with Gasteiger partial charge < -0.3 is 5.11 Å². The third kappa shape index (κ3) is 6.00. The van der Waals surface area contributed by atoms with Gasteiger partial charge in [0, 0.05) is 6.54 Å². The summed E-state index contributed by atoms with van der Waals surface area (Å²) in [6, 6.07) is 7.28. The van der Waals surface area contributed by atoms with Gasteiger partial charge in [-0.2, -0.15) is 26.3 Å². The first-order chi connectivity index (χ1) is 9.62. The molecule has 0 fully saturated rings. The Bertz CT molecular complexity index is 575. The van der Waals surface area contributed by atoms with Gasteiger partial charge in [0.15, 0.2) is 0 Å². The van der Waals surface area contributed by atoms with E-state index in [0.717, 1.165) is 0 Å². The average molecular weight is 326 g/mol. The van der Waals surface area contributed by atoms with Crippen molar-refractivity contribution >= 4 is 21.9 Å². The second kappa shape index (κ2) is 6.76. The van der Waals surface area contributed by atoms with Crippen molar-refractivity contribution in [3.8, 4) is 0 Å². The zero-order valence-electron chi connectivity index (χ0n) is 10.7. The van der Waals surface area contributed by atoms with Gasteiger partial charge in [-0.3, -0.25) is 9.10 Å². The Hall–Kier alpha value is -1.81. The van der Waals surface area contributed by atoms with Gasteiger partial charge >= 0.3 is 22.4 Å². The van der Waals surface area contributed by atoms with Gasteiger partial charge in [0.1, 0.15) is 6.54 Å². The maximum atomic E-state index is 12.1. The standard InChI is InChI=1S/C11H13F3N2O4S/c12-11(13,14)8-15-21(19,20)16(7-6-10(17)18)9-4-2-1-3-5-9/h1-5,15H,6-8H2,(H,17,18). The lowest BCUT2D eigenvalue weighted by Gasteiger charge is -2.24. The van der Waals surface area contributed by atoms with E-state index in [1.807, 2.05) is 0 Å². The molecule has 2 N–H and O–H groups in total. The van der Waals surface area contributed by atoms with Gasteiger partial charge in [0.25, 0.3) is 0 Å². The molecule has 0 radical (unpaired) electrons. The Kier molecular flexibility index (Phi) is 5.55. The zero-order chi connectivity index (χ0) is 16.1. The van der Waals surface area contributed by atoms with E-state index in [-0.39, 0.29) is 5.69 Å². The fourth-order valence-corrected chi connectivity index (χ4v) is 2.66. The Labute approximate surface area is 119 Å². The Balaban J connectivity index is 2.97. The van der Waals surface area contributed by atoms with E-state index in [1.54, 1.807) is 6.07 Å². The Morgan fingerprint density at radius 1 is 1.24 bits per heavy atom. The second-order valence-corrected chi connectivity index (χ2v) is 5.67. The number of hydrogen-bond acceptors (Lipinski definition) is 3. The Morgan fingerprint density at radius 2 is 1.81 bits per heavy atom. The summed E-state index contributed by atoms with van der Waals surface area (Å²) in [6.07, 6.45) is -5.25. The van der Waals surface area contributed by atoms with Crippen LogP contribution in [0.5, 0.6) is 0 Å². The molecule has 0 aliphatic rings. The van der Waals surface area contributed by atoms with Gasteiger partial charge in [-0.05, 0) is 12.1 Å². The van der Waals surface area contributed by atoms with Gasteiger partial charge in [0.05, 0.1) is 12.1 Å². The van der Waals surface area contributed by atoms with E-state index < -0.39 is 41.9 Å². The lowest BCUT2D eigenvalue weighted by atomic mass is 10.3. The number of carboxylic acids is 1. The minimum absolute atomic E-state index is 0.0772. The molecule has 0 bridgehead atoms. The number of aliphatic carboxylic acids is 1. The van der Waals surface area contributed by atoms with Crippen molar-refractivity contribution < 1.29 is 31.5 Å². The zero-order valence-corrected chi connectivity index (χ0v) is 11.5. The predicted molar refractivity (Wildman–Crippen MR) is 69.0 cm³/mol. The first kappa shape index (κ1) is 17.2. The molecule has 0 unspecified atom stereocenters. The van der Waals surface area contributed by atoms with E-state index in [4.69, 9.17) is 5.11 Å². The summed E-state index contributed by atoms with van der Waals surface area (Å²) >= 11 is 0. The minimum Gasteiger partial charge on any atom is -0.481 e. The number of nitrogens with one attached hydrogen (secondary N) is 1. The van der Waals surface area contributed by atoms with Crippen LogP contribution in [0.1, 0.15) is 6.42 Å². The van der Waals surface area contributed by atoms with Crippen LogP contribution in [0.2, 0.25) is 0 Å². The maximum absolute atomic E-state index is 12.1. The van der Waals surface area contributed by atoms with Crippen LogP contribution < -0.4 is 9.03 Å². The molecule has 0 heterocycles. The number of anilines is 1. The molecule has 118 valence electrons. The van der Waals surface area contributed by atoms with Crippen LogP contribution in [0.3, 0.4) is 0 Å². The molecule has 0 aromatic heterocycles. The number of carbonyl (C=O) groups is 1. The van der Waals surface area contributed by atoms with Crippen LogP contribution in [0.25, 0.3) is 0 Å². The lowest BCUT2D eigenvalue weighted by Crippen LogP contribution is -2.45. The van der Waals surface area contributed by atoms with E-state index >= 15 is 0 Å². The third-order valence-corrected chi connectivity index (χ3v) is 3.80. The van der Waals surface area contributed by atoms with Crippen LogP contribution in [0, 0.1) is 0 Å². The molecule has 10 heteroatoms. The molecule has 0 amide bonds. The second-order valence-electron chi connectivity index (χ2n) is 3.99. The number of para-hydroxylation sites is 1. The van der Waals surface area contributed by atoms with Gasteiger partial charge in [-0.25, -0.2) is 0 Å². The normalized spacial score (nSPS) is 12.1. The van der Waals surface area contributed by atoms with Gasteiger partial charge in [-0.1, -0.05) is 18.2 Å². The van der Waals surface area contributed by atoms with Crippen molar-refractivity contribution in [2.75, 3.05) is 17.4 Å². The van der Waals surface area contributed by atoms with Crippen LogP contribution in [0.15, 0.2) is 30.3 Å². The summed E-state index contributed by atoms with van der Waals surface area (Å²) in [6.45, 7) is -2.21. The monoisotopic (exact) mass is 326 g/mol. The molecule has 1 rings (SSSR count). The largest absolute Gasteiger partial charge is 0.481 e. The SMILES string of the molecule is O=C(O)CCN(c1ccccc1)S(=O)(=O)NCC(F)(F)F. The van der Waals surface area contributed by atoms with Crippen LogP contribution >= 0.6 is 0 Å². The summed E-state index contributed by atoms with van der Waals surface area (Å²) < 4.78 is 62.2. The van der Waals surface area contributed by atoms with Crippen molar-refractivity contribution in [3.63, 3.8) is 0 Å². The van der Waals surface area contributed by atoms with Crippen molar-refractivity contribution in [3.05, 3.63) is 30.3 Å². The lowest BCUT2D eigenvalue weighted by molar-refractivity contribution is -0.136. The summed E-state index contributed by atoms with van der Waals surface area (Å²) in [5, 5.41) is 8.61.